The van der Waals surface area contributed by atoms with Crippen molar-refractivity contribution in [2.24, 2.45) is 17.8 Å². The van der Waals surface area contributed by atoms with E-state index < -0.39 is 18.0 Å². The number of nitrogens with one attached hydrogen (secondary N) is 3. The van der Waals surface area contributed by atoms with Gasteiger partial charge in [-0.3, -0.25) is 15.1 Å². The number of anilines is 2. The number of benzene rings is 1. The van der Waals surface area contributed by atoms with Crippen LogP contribution < -0.4 is 15.1 Å². The number of piperidine rings is 1. The molecule has 2 amide bonds. The molecule has 2 unspecified atom stereocenters. The summed E-state index contributed by atoms with van der Waals surface area (Å²) in [6.45, 7) is 3.19. The van der Waals surface area contributed by atoms with E-state index in [4.69, 9.17) is 14.9 Å². The second-order valence-electron chi connectivity index (χ2n) is 8.43. The van der Waals surface area contributed by atoms with Gasteiger partial charge in [-0.2, -0.15) is 5.21 Å². The summed E-state index contributed by atoms with van der Waals surface area (Å²) < 4.78 is 25.6. The van der Waals surface area contributed by atoms with Crippen LogP contribution in [0.1, 0.15) is 12.7 Å². The first kappa shape index (κ1) is 21.1. The summed E-state index contributed by atoms with van der Waals surface area (Å²) in [5, 5.41) is 24.1. The molecule has 3 aliphatic rings. The molecule has 3 atom stereocenters. The van der Waals surface area contributed by atoms with Crippen molar-refractivity contribution in [3.63, 3.8) is 0 Å². The lowest BCUT2D eigenvalue weighted by molar-refractivity contribution is -0.119. The van der Waals surface area contributed by atoms with Gasteiger partial charge in [-0.05, 0) is 30.0 Å². The van der Waals surface area contributed by atoms with E-state index in [2.05, 4.69) is 25.9 Å². The van der Waals surface area contributed by atoms with Crippen molar-refractivity contribution in [3.05, 3.63) is 29.8 Å². The highest BCUT2D eigenvalue weighted by molar-refractivity contribution is 5.90. The van der Waals surface area contributed by atoms with Crippen LogP contribution in [0.15, 0.2) is 18.2 Å². The summed E-state index contributed by atoms with van der Waals surface area (Å²) in [7, 11) is 0. The van der Waals surface area contributed by atoms with Crippen LogP contribution >= 0.6 is 0 Å². The zero-order chi connectivity index (χ0) is 23.1. The third-order valence-corrected chi connectivity index (χ3v) is 6.28. The summed E-state index contributed by atoms with van der Waals surface area (Å²) in [5.41, 5.74) is 0.872. The molecule has 174 valence electrons. The predicted octanol–water partition coefficient (Wildman–Crippen LogP) is 0.676. The van der Waals surface area contributed by atoms with Crippen LogP contribution in [0.4, 0.5) is 20.6 Å². The molecule has 3 N–H and O–H groups in total. The number of cyclic esters (lactones) is 1. The Morgan fingerprint density at radius 3 is 2.82 bits per heavy atom. The van der Waals surface area contributed by atoms with Crippen molar-refractivity contribution in [1.29, 1.82) is 5.41 Å². The molecule has 3 heterocycles. The van der Waals surface area contributed by atoms with E-state index in [-0.39, 0.29) is 49.3 Å². The Kier molecular flexibility index (Phi) is 5.30. The molecule has 0 radical (unpaired) electrons. The van der Waals surface area contributed by atoms with Crippen molar-refractivity contribution in [3.8, 4) is 0 Å². The van der Waals surface area contributed by atoms with Crippen LogP contribution in [0.5, 0.6) is 0 Å². The molecule has 1 aromatic heterocycles. The van der Waals surface area contributed by atoms with Crippen molar-refractivity contribution in [2.45, 2.75) is 19.6 Å². The van der Waals surface area contributed by atoms with E-state index in [1.54, 1.807) is 12.1 Å². The normalized spacial score (nSPS) is 25.6. The Balaban J connectivity index is 1.16. The number of halogens is 1. The van der Waals surface area contributed by atoms with Crippen LogP contribution in [0.3, 0.4) is 0 Å². The number of carbonyl (C=O) groups excluding carboxylic acids is 2. The fraction of sp³-hybridized carbons (Fsp3) is 0.500. The van der Waals surface area contributed by atoms with Gasteiger partial charge in [0, 0.05) is 25.9 Å². The molecule has 0 bridgehead atoms. The van der Waals surface area contributed by atoms with Gasteiger partial charge in [0.1, 0.15) is 11.9 Å². The van der Waals surface area contributed by atoms with E-state index in [1.807, 2.05) is 4.90 Å². The number of rotatable bonds is 7. The quantitative estimate of drug-likeness (QED) is 0.405. The van der Waals surface area contributed by atoms with Crippen LogP contribution in [-0.2, 0) is 20.9 Å². The fourth-order valence-corrected chi connectivity index (χ4v) is 4.61. The molecular weight excluding hydrogens is 435 g/mol. The molecule has 2 aliphatic heterocycles. The number of tetrazole rings is 1. The number of hydrogen-bond donors (Lipinski definition) is 3. The van der Waals surface area contributed by atoms with E-state index in [0.29, 0.717) is 30.3 Å². The second kappa shape index (κ2) is 8.30. The van der Waals surface area contributed by atoms with Gasteiger partial charge in [-0.25, -0.2) is 9.18 Å². The number of nitrogens with zero attached hydrogens (tertiary/aromatic N) is 5. The first-order valence-corrected chi connectivity index (χ1v) is 10.6. The van der Waals surface area contributed by atoms with Gasteiger partial charge in [0.2, 0.25) is 11.7 Å². The lowest BCUT2D eigenvalue weighted by atomic mass is 10.2. The Labute approximate surface area is 187 Å². The number of fused-ring (bicyclic) bond motifs is 1. The minimum Gasteiger partial charge on any atom is -0.473 e. The van der Waals surface area contributed by atoms with Gasteiger partial charge in [0.25, 0.3) is 0 Å². The number of ether oxygens (including phenoxy) is 2. The Bertz CT molecular complexity index is 1070. The smallest absolute Gasteiger partial charge is 0.414 e. The maximum atomic E-state index is 14.9. The van der Waals surface area contributed by atoms with Crippen LogP contribution in [0.25, 0.3) is 0 Å². The van der Waals surface area contributed by atoms with Gasteiger partial charge < -0.3 is 19.7 Å². The molecule has 1 aromatic carbocycles. The monoisotopic (exact) mass is 458 g/mol. The second-order valence-corrected chi connectivity index (χ2v) is 8.43. The average molecular weight is 458 g/mol. The third-order valence-electron chi connectivity index (χ3n) is 6.28. The predicted molar refractivity (Wildman–Crippen MR) is 112 cm³/mol. The molecule has 5 rings (SSSR count). The Morgan fingerprint density at radius 2 is 2.15 bits per heavy atom. The highest BCUT2D eigenvalue weighted by Crippen LogP contribution is 2.53. The summed E-state index contributed by atoms with van der Waals surface area (Å²) in [5.74, 6) is 0.459. The molecule has 0 spiro atoms. The van der Waals surface area contributed by atoms with Gasteiger partial charge in [0.15, 0.2) is 12.5 Å². The zero-order valence-electron chi connectivity index (χ0n) is 17.8. The summed E-state index contributed by atoms with van der Waals surface area (Å²) >= 11 is 0. The van der Waals surface area contributed by atoms with Gasteiger partial charge >= 0.3 is 6.09 Å². The van der Waals surface area contributed by atoms with Crippen LogP contribution in [-0.4, -0.2) is 70.8 Å². The van der Waals surface area contributed by atoms with Gasteiger partial charge in [0.05, 0.1) is 24.5 Å². The molecule has 3 fully saturated rings. The minimum atomic E-state index is -0.568. The molecule has 2 aromatic rings. The molecular formula is C20H23FN8O4. The van der Waals surface area contributed by atoms with Crippen molar-refractivity contribution in [2.75, 3.05) is 36.0 Å². The van der Waals surface area contributed by atoms with Crippen LogP contribution in [0, 0.1) is 29.0 Å². The summed E-state index contributed by atoms with van der Waals surface area (Å²) in [6, 6.07) is 4.68. The van der Waals surface area contributed by atoms with Gasteiger partial charge in [-0.15, -0.1) is 10.2 Å². The fourth-order valence-electron chi connectivity index (χ4n) is 4.61. The SMILES string of the molecule is CC(=O)NC[C@H]1CN(c2ccc(N3CC4C(C3)C4C(=N)OCc3nn[nH]n3)c(F)c2)C(=O)O1. The largest absolute Gasteiger partial charge is 0.473 e. The molecule has 1 saturated carbocycles. The van der Waals surface area contributed by atoms with Crippen molar-refractivity contribution in [1.82, 2.24) is 25.9 Å². The minimum absolute atomic E-state index is 0.0235. The van der Waals surface area contributed by atoms with Crippen molar-refractivity contribution < 1.29 is 23.5 Å². The Morgan fingerprint density at radius 1 is 1.36 bits per heavy atom. The number of amides is 2. The lowest BCUT2D eigenvalue weighted by Crippen LogP contribution is -2.33. The summed E-state index contributed by atoms with van der Waals surface area (Å²) in [6.07, 6.45) is -1.05. The maximum absolute atomic E-state index is 14.9. The number of carbonyl (C=O) groups is 2. The highest BCUT2D eigenvalue weighted by Gasteiger charge is 2.59. The van der Waals surface area contributed by atoms with Gasteiger partial charge in [-0.1, -0.05) is 5.21 Å². The van der Waals surface area contributed by atoms with E-state index >= 15 is 0 Å². The number of aromatic nitrogens is 4. The number of aromatic amines is 1. The third kappa shape index (κ3) is 4.17. The molecule has 1 aliphatic carbocycles. The molecule has 2 saturated heterocycles. The highest BCUT2D eigenvalue weighted by atomic mass is 19.1. The molecule has 13 heteroatoms. The zero-order valence-corrected chi connectivity index (χ0v) is 17.8. The first-order valence-electron chi connectivity index (χ1n) is 10.6. The van der Waals surface area contributed by atoms with Crippen LogP contribution in [0.2, 0.25) is 0 Å². The number of H-pyrrole nitrogens is 1. The molecule has 12 nitrogen and oxygen atoms in total. The van der Waals surface area contributed by atoms with Crippen molar-refractivity contribution >= 4 is 29.3 Å². The van der Waals surface area contributed by atoms with E-state index in [9.17, 15) is 14.0 Å². The maximum Gasteiger partial charge on any atom is 0.414 e. The van der Waals surface area contributed by atoms with E-state index in [1.165, 1.54) is 17.9 Å². The average Bonchev–Trinajstić information content (AvgIpc) is 3.23. The number of hydrogen-bond acceptors (Lipinski definition) is 9. The Hall–Kier alpha value is -3.77. The standard InChI is InChI=1S/C20H23FN8O4/c1-10(30)23-5-12-6-29(20(31)33-12)11-2-3-16(15(21)4-11)28-7-13-14(8-28)18(13)19(22)32-9-17-24-26-27-25-17/h2-4,12-14,18,22H,5-9H2,1H3,(H,23,30)(H,24,25,26,27)/t12-,13?,14?,18?/m0/s1. The summed E-state index contributed by atoms with van der Waals surface area (Å²) in [4.78, 5) is 26.6. The topological polar surface area (TPSA) is 149 Å². The lowest BCUT2D eigenvalue weighted by Gasteiger charge is -2.24. The van der Waals surface area contributed by atoms with E-state index in [0.717, 1.165) is 0 Å². The first-order chi connectivity index (χ1) is 15.9. The molecule has 33 heavy (non-hydrogen) atoms.